The predicted molar refractivity (Wildman–Crippen MR) is 56.2 cm³/mol. The van der Waals surface area contributed by atoms with Gasteiger partial charge in [0.1, 0.15) is 5.75 Å². The molecule has 0 bridgehead atoms. The van der Waals surface area contributed by atoms with E-state index in [9.17, 15) is 0 Å². The first-order valence-electron chi connectivity index (χ1n) is 4.18. The van der Waals surface area contributed by atoms with E-state index in [1.807, 2.05) is 18.2 Å². The van der Waals surface area contributed by atoms with Crippen LogP contribution in [-0.4, -0.2) is 24.6 Å². The molecule has 0 aromatic heterocycles. The average Bonchev–Trinajstić information content (AvgIpc) is 2.19. The van der Waals surface area contributed by atoms with E-state index in [0.717, 1.165) is 17.3 Å². The number of hydrogen-bond acceptors (Lipinski definition) is 3. The summed E-state index contributed by atoms with van der Waals surface area (Å²) in [7, 11) is 1.67. The third kappa shape index (κ3) is 3.70. The van der Waals surface area contributed by atoms with E-state index >= 15 is 0 Å². The molecule has 0 fully saturated rings. The lowest BCUT2D eigenvalue weighted by molar-refractivity contribution is 0.322. The third-order valence-corrected chi connectivity index (χ3v) is 2.65. The Hall–Kier alpha value is -0.670. The molecule has 0 heterocycles. The second-order valence-electron chi connectivity index (χ2n) is 2.63. The van der Waals surface area contributed by atoms with Gasteiger partial charge in [-0.3, -0.25) is 0 Å². The zero-order valence-electron chi connectivity index (χ0n) is 7.69. The summed E-state index contributed by atoms with van der Waals surface area (Å²) < 4.78 is 5.10. The summed E-state index contributed by atoms with van der Waals surface area (Å²) in [5, 5.41) is 8.60. The Morgan fingerprint density at radius 1 is 1.46 bits per heavy atom. The Kier molecular flexibility index (Phi) is 4.72. The van der Waals surface area contributed by atoms with Crippen LogP contribution in [0, 0.1) is 0 Å². The lowest BCUT2D eigenvalue weighted by Crippen LogP contribution is -1.89. The van der Waals surface area contributed by atoms with E-state index in [0.29, 0.717) is 0 Å². The van der Waals surface area contributed by atoms with Crippen LogP contribution in [0.25, 0.3) is 0 Å². The van der Waals surface area contributed by atoms with Crippen LogP contribution in [0.4, 0.5) is 0 Å². The van der Waals surface area contributed by atoms with Gasteiger partial charge in [-0.15, -0.1) is 0 Å². The van der Waals surface area contributed by atoms with Crippen LogP contribution >= 0.6 is 11.8 Å². The highest BCUT2D eigenvalue weighted by atomic mass is 32.2. The fourth-order valence-electron chi connectivity index (χ4n) is 1.02. The van der Waals surface area contributed by atoms with E-state index in [1.165, 1.54) is 5.56 Å². The summed E-state index contributed by atoms with van der Waals surface area (Å²) >= 11 is 1.72. The zero-order chi connectivity index (χ0) is 9.52. The average molecular weight is 198 g/mol. The molecule has 0 aliphatic heterocycles. The predicted octanol–water partition coefficient (Wildman–Crippen LogP) is 1.92. The molecule has 1 aromatic carbocycles. The molecule has 0 amide bonds. The van der Waals surface area contributed by atoms with E-state index in [-0.39, 0.29) is 6.61 Å². The van der Waals surface area contributed by atoms with Crippen LogP contribution in [0.1, 0.15) is 5.56 Å². The van der Waals surface area contributed by atoms with Crippen LogP contribution in [0.15, 0.2) is 24.3 Å². The van der Waals surface area contributed by atoms with Crippen molar-refractivity contribution in [2.45, 2.75) is 5.75 Å². The van der Waals surface area contributed by atoms with Gasteiger partial charge in [-0.05, 0) is 17.7 Å². The molecule has 0 radical (unpaired) electrons. The quantitative estimate of drug-likeness (QED) is 0.733. The highest BCUT2D eigenvalue weighted by molar-refractivity contribution is 7.98. The Morgan fingerprint density at radius 2 is 2.31 bits per heavy atom. The third-order valence-electron chi connectivity index (χ3n) is 1.64. The van der Waals surface area contributed by atoms with Crippen molar-refractivity contribution in [2.75, 3.05) is 19.5 Å². The SMILES string of the molecule is COc1cccc(CSCCO)c1. The molecule has 2 nitrogen and oxygen atoms in total. The van der Waals surface area contributed by atoms with Crippen molar-refractivity contribution in [2.24, 2.45) is 0 Å². The molecule has 0 saturated heterocycles. The summed E-state index contributed by atoms with van der Waals surface area (Å²) in [6, 6.07) is 7.99. The topological polar surface area (TPSA) is 29.5 Å². The maximum Gasteiger partial charge on any atom is 0.119 e. The Labute approximate surface area is 82.9 Å². The van der Waals surface area contributed by atoms with Gasteiger partial charge in [-0.2, -0.15) is 11.8 Å². The molecule has 3 heteroatoms. The number of methoxy groups -OCH3 is 1. The van der Waals surface area contributed by atoms with E-state index in [2.05, 4.69) is 6.07 Å². The first-order chi connectivity index (χ1) is 6.36. The first kappa shape index (κ1) is 10.4. The van der Waals surface area contributed by atoms with Crippen molar-refractivity contribution in [3.05, 3.63) is 29.8 Å². The molecule has 0 aliphatic carbocycles. The number of rotatable bonds is 5. The number of hydrogen-bond donors (Lipinski definition) is 1. The van der Waals surface area contributed by atoms with Gasteiger partial charge in [0, 0.05) is 11.5 Å². The zero-order valence-corrected chi connectivity index (χ0v) is 8.51. The molecule has 1 rings (SSSR count). The van der Waals surface area contributed by atoms with Crippen molar-refractivity contribution in [3.8, 4) is 5.75 Å². The van der Waals surface area contributed by atoms with Crippen LogP contribution in [0.3, 0.4) is 0 Å². The maximum atomic E-state index is 8.60. The van der Waals surface area contributed by atoms with Crippen molar-refractivity contribution in [3.63, 3.8) is 0 Å². The minimum absolute atomic E-state index is 0.245. The molecule has 72 valence electrons. The second-order valence-corrected chi connectivity index (χ2v) is 3.73. The molecule has 0 aliphatic rings. The normalized spacial score (nSPS) is 10.0. The van der Waals surface area contributed by atoms with Crippen LogP contribution in [0.2, 0.25) is 0 Å². The van der Waals surface area contributed by atoms with Gasteiger partial charge in [-0.1, -0.05) is 12.1 Å². The molecule has 0 spiro atoms. The van der Waals surface area contributed by atoms with Crippen molar-refractivity contribution in [1.29, 1.82) is 0 Å². The molecule has 0 unspecified atom stereocenters. The van der Waals surface area contributed by atoms with Crippen LogP contribution < -0.4 is 4.74 Å². The van der Waals surface area contributed by atoms with Gasteiger partial charge in [0.05, 0.1) is 13.7 Å². The Balaban J connectivity index is 2.46. The minimum Gasteiger partial charge on any atom is -0.497 e. The smallest absolute Gasteiger partial charge is 0.119 e. The molecule has 0 atom stereocenters. The van der Waals surface area contributed by atoms with Gasteiger partial charge in [0.2, 0.25) is 0 Å². The number of aliphatic hydroxyl groups excluding tert-OH is 1. The summed E-state index contributed by atoms with van der Waals surface area (Å²) in [6.45, 7) is 0.245. The lowest BCUT2D eigenvalue weighted by atomic mass is 10.2. The summed E-state index contributed by atoms with van der Waals surface area (Å²) in [5.74, 6) is 2.61. The number of ether oxygens (including phenoxy) is 1. The standard InChI is InChI=1S/C10H14O2S/c1-12-10-4-2-3-9(7-10)8-13-6-5-11/h2-4,7,11H,5-6,8H2,1H3. The van der Waals surface area contributed by atoms with Gasteiger partial charge < -0.3 is 9.84 Å². The highest BCUT2D eigenvalue weighted by Gasteiger charge is 1.95. The van der Waals surface area contributed by atoms with Gasteiger partial charge in [0.25, 0.3) is 0 Å². The molecule has 1 aromatic rings. The first-order valence-corrected chi connectivity index (χ1v) is 5.34. The fraction of sp³-hybridized carbons (Fsp3) is 0.400. The van der Waals surface area contributed by atoms with E-state index in [1.54, 1.807) is 18.9 Å². The molecular formula is C10H14O2S. The molecule has 13 heavy (non-hydrogen) atoms. The summed E-state index contributed by atoms with van der Waals surface area (Å²) in [5.41, 5.74) is 1.23. The van der Waals surface area contributed by atoms with Crippen molar-refractivity contribution < 1.29 is 9.84 Å². The highest BCUT2D eigenvalue weighted by Crippen LogP contribution is 2.17. The van der Waals surface area contributed by atoms with Crippen LogP contribution in [-0.2, 0) is 5.75 Å². The number of aliphatic hydroxyl groups is 1. The van der Waals surface area contributed by atoms with Gasteiger partial charge >= 0.3 is 0 Å². The Bertz CT molecular complexity index is 250. The molecule has 1 N–H and O–H groups in total. The minimum atomic E-state index is 0.245. The van der Waals surface area contributed by atoms with E-state index < -0.39 is 0 Å². The maximum absolute atomic E-state index is 8.60. The fourth-order valence-corrected chi connectivity index (χ4v) is 1.71. The molecular weight excluding hydrogens is 184 g/mol. The van der Waals surface area contributed by atoms with Crippen molar-refractivity contribution >= 4 is 11.8 Å². The largest absolute Gasteiger partial charge is 0.497 e. The number of benzene rings is 1. The monoisotopic (exact) mass is 198 g/mol. The Morgan fingerprint density at radius 3 is 3.00 bits per heavy atom. The second kappa shape index (κ2) is 5.89. The number of thioether (sulfide) groups is 1. The molecule has 0 saturated carbocycles. The van der Waals surface area contributed by atoms with E-state index in [4.69, 9.17) is 9.84 Å². The van der Waals surface area contributed by atoms with Gasteiger partial charge in [0.15, 0.2) is 0 Å². The van der Waals surface area contributed by atoms with Gasteiger partial charge in [-0.25, -0.2) is 0 Å². The summed E-state index contributed by atoms with van der Waals surface area (Å²) in [6.07, 6.45) is 0. The van der Waals surface area contributed by atoms with Crippen molar-refractivity contribution in [1.82, 2.24) is 0 Å². The van der Waals surface area contributed by atoms with Crippen LogP contribution in [0.5, 0.6) is 5.75 Å². The summed E-state index contributed by atoms with van der Waals surface area (Å²) in [4.78, 5) is 0. The lowest BCUT2D eigenvalue weighted by Gasteiger charge is -2.03.